The van der Waals surface area contributed by atoms with E-state index in [1.165, 1.54) is 66.7 Å². The predicted molar refractivity (Wildman–Crippen MR) is 125 cm³/mol. The molecular weight excluding hydrogens is 452 g/mol. The average molecular weight is 470 g/mol. The van der Waals surface area contributed by atoms with Crippen LogP contribution >= 0.6 is 0 Å². The summed E-state index contributed by atoms with van der Waals surface area (Å²) in [5, 5.41) is 18.1. The highest BCUT2D eigenvalue weighted by Crippen LogP contribution is 2.31. The summed E-state index contributed by atoms with van der Waals surface area (Å²) in [5.41, 5.74) is 0.350. The zero-order chi connectivity index (χ0) is 24.8. The molecule has 35 heavy (non-hydrogen) atoms. The maximum atomic E-state index is 12.8. The molecule has 0 atom stereocenters. The summed E-state index contributed by atoms with van der Waals surface area (Å²) in [6, 6.07) is 24.6. The Hall–Kier alpha value is -5.11. The largest absolute Gasteiger partial charge is 0.478 e. The van der Waals surface area contributed by atoms with E-state index in [9.17, 15) is 14.4 Å². The van der Waals surface area contributed by atoms with Crippen LogP contribution in [0.3, 0.4) is 0 Å². The first-order chi connectivity index (χ1) is 16.9. The number of benzene rings is 4. The zero-order valence-corrected chi connectivity index (χ0v) is 18.1. The lowest BCUT2D eigenvalue weighted by atomic mass is 10.2. The molecule has 0 saturated carbocycles. The van der Waals surface area contributed by atoms with Gasteiger partial charge in [0.05, 0.1) is 16.7 Å². The van der Waals surface area contributed by atoms with Crippen LogP contribution < -0.4 is 14.2 Å². The normalized spacial score (nSPS) is 10.3. The first-order valence-corrected chi connectivity index (χ1v) is 10.3. The lowest BCUT2D eigenvalue weighted by Gasteiger charge is -2.12. The van der Waals surface area contributed by atoms with Gasteiger partial charge in [0.1, 0.15) is 28.7 Å². The SMILES string of the molecule is O=C(O)c1ccc(Oc2cc(Oc3ccc(C(=O)O)cc3)cc(C(=O)Oc3ccccc3)c2)cc1. The minimum atomic E-state index is -1.06. The average Bonchev–Trinajstić information content (AvgIpc) is 2.85. The van der Waals surface area contributed by atoms with Crippen LogP contribution in [0.15, 0.2) is 97.1 Å². The summed E-state index contributed by atoms with van der Waals surface area (Å²) < 4.78 is 17.1. The molecule has 0 radical (unpaired) electrons. The Morgan fingerprint density at radius 2 is 0.943 bits per heavy atom. The Morgan fingerprint density at radius 1 is 0.486 bits per heavy atom. The molecule has 4 rings (SSSR count). The van der Waals surface area contributed by atoms with E-state index in [1.54, 1.807) is 30.3 Å². The van der Waals surface area contributed by atoms with E-state index in [0.717, 1.165) is 0 Å². The van der Waals surface area contributed by atoms with Gasteiger partial charge in [0, 0.05) is 6.07 Å². The van der Waals surface area contributed by atoms with Crippen molar-refractivity contribution in [1.29, 1.82) is 0 Å². The number of ether oxygens (including phenoxy) is 3. The number of rotatable bonds is 8. The number of hydrogen-bond donors (Lipinski definition) is 2. The topological polar surface area (TPSA) is 119 Å². The first kappa shape index (κ1) is 23.1. The lowest BCUT2D eigenvalue weighted by molar-refractivity contribution is 0.0686. The van der Waals surface area contributed by atoms with Crippen LogP contribution in [0, 0.1) is 0 Å². The Kier molecular flexibility index (Phi) is 6.73. The van der Waals surface area contributed by atoms with Crippen molar-refractivity contribution in [3.05, 3.63) is 114 Å². The summed E-state index contributed by atoms with van der Waals surface area (Å²) in [7, 11) is 0. The molecule has 0 amide bonds. The number of esters is 1. The van der Waals surface area contributed by atoms with E-state index >= 15 is 0 Å². The second-order valence-corrected chi connectivity index (χ2v) is 7.26. The molecule has 0 aliphatic heterocycles. The maximum absolute atomic E-state index is 12.8. The Morgan fingerprint density at radius 3 is 1.37 bits per heavy atom. The molecule has 0 bridgehead atoms. The molecule has 0 fully saturated rings. The van der Waals surface area contributed by atoms with Crippen molar-refractivity contribution in [3.63, 3.8) is 0 Å². The fourth-order valence-electron chi connectivity index (χ4n) is 3.07. The van der Waals surface area contributed by atoms with E-state index < -0.39 is 17.9 Å². The number of carbonyl (C=O) groups is 3. The van der Waals surface area contributed by atoms with Crippen LogP contribution in [0.5, 0.6) is 28.7 Å². The molecule has 4 aromatic rings. The Balaban J connectivity index is 1.63. The summed E-state index contributed by atoms with van der Waals surface area (Å²) in [4.78, 5) is 34.9. The van der Waals surface area contributed by atoms with Crippen molar-refractivity contribution >= 4 is 17.9 Å². The summed E-state index contributed by atoms with van der Waals surface area (Å²) in [5.74, 6) is -1.23. The van der Waals surface area contributed by atoms with E-state index in [-0.39, 0.29) is 28.2 Å². The summed E-state index contributed by atoms with van der Waals surface area (Å²) >= 11 is 0. The van der Waals surface area contributed by atoms with Crippen LogP contribution in [0.2, 0.25) is 0 Å². The minimum Gasteiger partial charge on any atom is -0.478 e. The van der Waals surface area contributed by atoms with Crippen molar-refractivity contribution in [2.75, 3.05) is 0 Å². The van der Waals surface area contributed by atoms with Gasteiger partial charge in [-0.3, -0.25) is 0 Å². The smallest absolute Gasteiger partial charge is 0.343 e. The van der Waals surface area contributed by atoms with Crippen molar-refractivity contribution in [3.8, 4) is 28.7 Å². The van der Waals surface area contributed by atoms with Gasteiger partial charge in [0.25, 0.3) is 0 Å². The molecular formula is C27H18O8. The van der Waals surface area contributed by atoms with E-state index in [4.69, 9.17) is 24.4 Å². The molecule has 0 aliphatic rings. The van der Waals surface area contributed by atoms with Crippen molar-refractivity contribution < 1.29 is 38.8 Å². The van der Waals surface area contributed by atoms with Gasteiger partial charge in [-0.25, -0.2) is 14.4 Å². The molecule has 0 heterocycles. The van der Waals surface area contributed by atoms with Crippen molar-refractivity contribution in [1.82, 2.24) is 0 Å². The number of para-hydroxylation sites is 1. The third-order valence-corrected chi connectivity index (χ3v) is 4.74. The van der Waals surface area contributed by atoms with Crippen molar-refractivity contribution in [2.45, 2.75) is 0 Å². The van der Waals surface area contributed by atoms with E-state index in [2.05, 4.69) is 0 Å². The fourth-order valence-corrected chi connectivity index (χ4v) is 3.07. The van der Waals surface area contributed by atoms with Gasteiger partial charge in [-0.2, -0.15) is 0 Å². The summed E-state index contributed by atoms with van der Waals surface area (Å²) in [6.07, 6.45) is 0. The molecule has 0 aromatic heterocycles. The number of carbonyl (C=O) groups excluding carboxylic acids is 1. The zero-order valence-electron chi connectivity index (χ0n) is 18.1. The molecule has 8 nitrogen and oxygen atoms in total. The van der Waals surface area contributed by atoms with Gasteiger partial charge < -0.3 is 24.4 Å². The van der Waals surface area contributed by atoms with Crippen LogP contribution in [-0.4, -0.2) is 28.1 Å². The predicted octanol–water partition coefficient (Wildman–Crippen LogP) is 5.89. The molecule has 0 unspecified atom stereocenters. The van der Waals surface area contributed by atoms with Crippen LogP contribution in [0.25, 0.3) is 0 Å². The maximum Gasteiger partial charge on any atom is 0.343 e. The first-order valence-electron chi connectivity index (χ1n) is 10.3. The van der Waals surface area contributed by atoms with Crippen LogP contribution in [-0.2, 0) is 0 Å². The van der Waals surface area contributed by atoms with Gasteiger partial charge in [-0.1, -0.05) is 18.2 Å². The molecule has 0 aliphatic carbocycles. The molecule has 0 saturated heterocycles. The molecule has 8 heteroatoms. The molecule has 174 valence electrons. The van der Waals surface area contributed by atoms with Gasteiger partial charge >= 0.3 is 17.9 Å². The van der Waals surface area contributed by atoms with E-state index in [1.807, 2.05) is 0 Å². The number of carboxylic acid groups (broad SMARTS) is 2. The Bertz CT molecular complexity index is 1280. The monoisotopic (exact) mass is 470 g/mol. The number of aromatic carboxylic acids is 2. The molecule has 4 aromatic carbocycles. The van der Waals surface area contributed by atoms with E-state index in [0.29, 0.717) is 17.2 Å². The van der Waals surface area contributed by atoms with Crippen LogP contribution in [0.1, 0.15) is 31.1 Å². The molecule has 2 N–H and O–H groups in total. The standard InChI is InChI=1S/C27H18O8/c28-25(29)17-6-10-21(11-7-17)33-23-14-19(27(32)35-20-4-2-1-3-5-20)15-24(16-23)34-22-12-8-18(9-13-22)26(30)31/h1-16H,(H,28,29)(H,30,31). The minimum absolute atomic E-state index is 0.103. The quantitative estimate of drug-likeness (QED) is 0.242. The van der Waals surface area contributed by atoms with Crippen molar-refractivity contribution in [2.24, 2.45) is 0 Å². The highest BCUT2D eigenvalue weighted by atomic mass is 16.5. The summed E-state index contributed by atoms with van der Waals surface area (Å²) in [6.45, 7) is 0. The molecule has 0 spiro atoms. The van der Waals surface area contributed by atoms with Gasteiger partial charge in [-0.15, -0.1) is 0 Å². The van der Waals surface area contributed by atoms with Gasteiger partial charge in [-0.05, 0) is 72.8 Å². The highest BCUT2D eigenvalue weighted by molar-refractivity contribution is 5.92. The fraction of sp³-hybridized carbons (Fsp3) is 0. The second-order valence-electron chi connectivity index (χ2n) is 7.26. The Labute approximate surface area is 199 Å². The van der Waals surface area contributed by atoms with Gasteiger partial charge in [0.2, 0.25) is 0 Å². The number of carboxylic acids is 2. The third kappa shape index (κ3) is 6.02. The number of hydrogen-bond acceptors (Lipinski definition) is 6. The van der Waals surface area contributed by atoms with Crippen LogP contribution in [0.4, 0.5) is 0 Å². The second kappa shape index (κ2) is 10.2. The third-order valence-electron chi connectivity index (χ3n) is 4.74. The highest BCUT2D eigenvalue weighted by Gasteiger charge is 2.15. The van der Waals surface area contributed by atoms with Gasteiger partial charge in [0.15, 0.2) is 0 Å². The lowest BCUT2D eigenvalue weighted by Crippen LogP contribution is -2.08.